The molecule has 3 fully saturated rings. The van der Waals surface area contributed by atoms with E-state index >= 15 is 4.39 Å². The van der Waals surface area contributed by atoms with Crippen LogP contribution in [0.1, 0.15) is 86.5 Å². The minimum Gasteiger partial charge on any atom is -0.481 e. The summed E-state index contributed by atoms with van der Waals surface area (Å²) in [6.45, 7) is 5.01. The van der Waals surface area contributed by atoms with Crippen LogP contribution in [0.3, 0.4) is 0 Å². The number of nitrogens with zero attached hydrogens (tertiary/aromatic N) is 4. The summed E-state index contributed by atoms with van der Waals surface area (Å²) in [4.78, 5) is 31.4. The molecule has 3 heterocycles. The first-order chi connectivity index (χ1) is 17.2. The largest absolute Gasteiger partial charge is 0.481 e. The average molecular weight is 491 g/mol. The average Bonchev–Trinajstić information content (AvgIpc) is 3.76. The highest BCUT2D eigenvalue weighted by Gasteiger charge is 2.45. The number of hydrogen-bond acceptors (Lipinski definition) is 4. The van der Waals surface area contributed by atoms with Crippen LogP contribution in [0.2, 0.25) is 0 Å². The van der Waals surface area contributed by atoms with E-state index in [0.717, 1.165) is 50.8 Å². The van der Waals surface area contributed by atoms with E-state index in [1.807, 2.05) is 11.0 Å². The van der Waals surface area contributed by atoms with Gasteiger partial charge >= 0.3 is 5.97 Å². The summed E-state index contributed by atoms with van der Waals surface area (Å²) in [5.74, 6) is -1.88. The van der Waals surface area contributed by atoms with Gasteiger partial charge in [-0.25, -0.2) is 13.9 Å². The van der Waals surface area contributed by atoms with Crippen molar-refractivity contribution in [1.29, 1.82) is 0 Å². The number of rotatable bonds is 5. The van der Waals surface area contributed by atoms with E-state index in [9.17, 15) is 14.7 Å². The zero-order valence-electron chi connectivity index (χ0n) is 20.7. The molecule has 7 nitrogen and oxygen atoms in total. The smallest absolute Gasteiger partial charge is 0.307 e. The Balaban J connectivity index is 1.38. The zero-order chi connectivity index (χ0) is 25.2. The van der Waals surface area contributed by atoms with Gasteiger partial charge in [-0.2, -0.15) is 5.10 Å². The number of benzene rings is 1. The predicted molar refractivity (Wildman–Crippen MR) is 132 cm³/mol. The van der Waals surface area contributed by atoms with Gasteiger partial charge in [0.15, 0.2) is 5.65 Å². The topological polar surface area (TPSA) is 87.8 Å². The highest BCUT2D eigenvalue weighted by atomic mass is 19.1. The molecular formula is C28H31FN4O3. The second-order valence-corrected chi connectivity index (χ2v) is 11.1. The highest BCUT2D eigenvalue weighted by molar-refractivity contribution is 5.93. The van der Waals surface area contributed by atoms with Crippen LogP contribution in [0.4, 0.5) is 4.39 Å². The molecule has 0 radical (unpaired) electrons. The predicted octanol–water partition coefficient (Wildman–Crippen LogP) is 5.18. The number of fused-ring (bicyclic) bond motifs is 1. The number of carbonyl (C=O) groups excluding carboxylic acids is 1. The van der Waals surface area contributed by atoms with Crippen molar-refractivity contribution in [3.8, 4) is 11.3 Å². The van der Waals surface area contributed by atoms with Crippen LogP contribution in [-0.2, 0) is 10.2 Å². The Morgan fingerprint density at radius 1 is 1.14 bits per heavy atom. The Hall–Kier alpha value is -3.29. The fraction of sp³-hybridized carbons (Fsp3) is 0.500. The number of carboxylic acids is 1. The number of halogens is 1. The third kappa shape index (κ3) is 3.96. The molecule has 2 aliphatic carbocycles. The summed E-state index contributed by atoms with van der Waals surface area (Å²) in [5.41, 5.74) is 3.32. The highest BCUT2D eigenvalue weighted by Crippen LogP contribution is 2.49. The quantitative estimate of drug-likeness (QED) is 0.533. The maximum atomic E-state index is 15.2. The van der Waals surface area contributed by atoms with E-state index in [0.29, 0.717) is 34.6 Å². The Morgan fingerprint density at radius 2 is 1.94 bits per heavy atom. The van der Waals surface area contributed by atoms with Gasteiger partial charge in [0.05, 0.1) is 17.3 Å². The van der Waals surface area contributed by atoms with Gasteiger partial charge in [-0.05, 0) is 68.7 Å². The van der Waals surface area contributed by atoms with Gasteiger partial charge < -0.3 is 10.0 Å². The van der Waals surface area contributed by atoms with Crippen LogP contribution in [-0.4, -0.2) is 49.1 Å². The van der Waals surface area contributed by atoms with E-state index in [1.54, 1.807) is 22.7 Å². The van der Waals surface area contributed by atoms with Gasteiger partial charge in [0, 0.05) is 29.6 Å². The van der Waals surface area contributed by atoms with Gasteiger partial charge in [0.25, 0.3) is 5.91 Å². The lowest BCUT2D eigenvalue weighted by Crippen LogP contribution is -2.39. The van der Waals surface area contributed by atoms with E-state index in [-0.39, 0.29) is 23.3 Å². The molecule has 6 rings (SSSR count). The minimum atomic E-state index is -0.836. The fourth-order valence-electron chi connectivity index (χ4n) is 5.62. The molecule has 0 spiro atoms. The second kappa shape index (κ2) is 8.39. The molecule has 1 unspecified atom stereocenters. The molecule has 1 amide bonds. The van der Waals surface area contributed by atoms with E-state index in [2.05, 4.69) is 13.8 Å². The first kappa shape index (κ1) is 23.1. The summed E-state index contributed by atoms with van der Waals surface area (Å²) in [5, 5.41) is 13.9. The molecule has 2 aromatic heterocycles. The van der Waals surface area contributed by atoms with Crippen molar-refractivity contribution in [3.63, 3.8) is 0 Å². The number of likely N-dealkylation sites (tertiary alicyclic amines) is 1. The van der Waals surface area contributed by atoms with Crippen molar-refractivity contribution >= 4 is 17.5 Å². The van der Waals surface area contributed by atoms with Gasteiger partial charge in [-0.1, -0.05) is 25.8 Å². The molecule has 0 bridgehead atoms. The van der Waals surface area contributed by atoms with E-state index in [1.165, 1.54) is 6.07 Å². The minimum absolute atomic E-state index is 0.0481. The molecule has 1 N–H and O–H groups in total. The number of aromatic nitrogens is 3. The molecule has 188 valence electrons. The van der Waals surface area contributed by atoms with Gasteiger partial charge in [-0.3, -0.25) is 9.59 Å². The summed E-state index contributed by atoms with van der Waals surface area (Å²) in [6, 6.07) is 8.70. The summed E-state index contributed by atoms with van der Waals surface area (Å²) < 4.78 is 16.9. The standard InChI is InChI=1S/C28H31FN4O3/c1-16-6-4-3-5-11-32(16)26(34)23-14-24(28(2)9-10-28)33-25(30-23)15-22(31-33)18-8-7-17(12-21(18)29)19-13-20(19)27(35)36/h7-8,12,14-16,19-20H,3-6,9-11,13H2,1-2H3,(H,35,36)/t16-,19?,20-/m1/s1. The van der Waals surface area contributed by atoms with E-state index < -0.39 is 17.7 Å². The lowest BCUT2D eigenvalue weighted by molar-refractivity contribution is -0.138. The Bertz CT molecular complexity index is 1380. The SMILES string of the molecule is C[C@@H]1CCCCCN1C(=O)c1cc(C2(C)CC2)n2nc(-c3ccc(C4C[C@H]4C(=O)O)cc3F)cc2n1. The third-order valence-electron chi connectivity index (χ3n) is 8.38. The van der Waals surface area contributed by atoms with Gasteiger partial charge in [0.1, 0.15) is 11.5 Å². The Morgan fingerprint density at radius 3 is 2.64 bits per heavy atom. The Kier molecular flexibility index (Phi) is 5.39. The molecule has 8 heteroatoms. The second-order valence-electron chi connectivity index (χ2n) is 11.1. The summed E-state index contributed by atoms with van der Waals surface area (Å²) in [6.07, 6.45) is 6.82. The molecule has 2 saturated carbocycles. The van der Waals surface area contributed by atoms with Crippen LogP contribution < -0.4 is 0 Å². The van der Waals surface area contributed by atoms with Crippen molar-refractivity contribution in [1.82, 2.24) is 19.5 Å². The first-order valence-corrected chi connectivity index (χ1v) is 13.0. The Labute approximate surface area is 209 Å². The fourth-order valence-corrected chi connectivity index (χ4v) is 5.62. The number of carboxylic acid groups (broad SMARTS) is 1. The van der Waals surface area contributed by atoms with Gasteiger partial charge in [-0.15, -0.1) is 0 Å². The molecule has 36 heavy (non-hydrogen) atoms. The molecule has 3 aromatic rings. The van der Waals surface area contributed by atoms with Crippen LogP contribution >= 0.6 is 0 Å². The van der Waals surface area contributed by atoms with E-state index in [4.69, 9.17) is 10.1 Å². The van der Waals surface area contributed by atoms with Crippen LogP contribution in [0.25, 0.3) is 16.9 Å². The van der Waals surface area contributed by atoms with Crippen molar-refractivity contribution in [2.75, 3.05) is 6.54 Å². The number of hydrogen-bond donors (Lipinski definition) is 1. The summed E-state index contributed by atoms with van der Waals surface area (Å²) in [7, 11) is 0. The molecule has 1 aromatic carbocycles. The molecule has 3 aliphatic rings. The maximum Gasteiger partial charge on any atom is 0.307 e. The molecule has 1 aliphatic heterocycles. The van der Waals surface area contributed by atoms with Crippen molar-refractivity contribution in [2.24, 2.45) is 5.92 Å². The van der Waals surface area contributed by atoms with Crippen molar-refractivity contribution in [2.45, 2.75) is 76.2 Å². The van der Waals surface area contributed by atoms with Gasteiger partial charge in [0.2, 0.25) is 0 Å². The number of aliphatic carboxylic acids is 1. The zero-order valence-corrected chi connectivity index (χ0v) is 20.7. The molecular weight excluding hydrogens is 459 g/mol. The van der Waals surface area contributed by atoms with Crippen molar-refractivity contribution in [3.05, 3.63) is 53.1 Å². The normalized spacial score (nSPS) is 25.0. The number of amides is 1. The van der Waals surface area contributed by atoms with Crippen LogP contribution in [0, 0.1) is 11.7 Å². The first-order valence-electron chi connectivity index (χ1n) is 13.0. The third-order valence-corrected chi connectivity index (χ3v) is 8.38. The van der Waals surface area contributed by atoms with Crippen molar-refractivity contribution < 1.29 is 19.1 Å². The van der Waals surface area contributed by atoms with Crippen LogP contribution in [0.15, 0.2) is 30.3 Å². The monoisotopic (exact) mass is 490 g/mol. The number of carbonyl (C=O) groups is 2. The lowest BCUT2D eigenvalue weighted by atomic mass is 10.0. The van der Waals surface area contributed by atoms with Crippen LogP contribution in [0.5, 0.6) is 0 Å². The summed E-state index contributed by atoms with van der Waals surface area (Å²) >= 11 is 0. The lowest BCUT2D eigenvalue weighted by Gasteiger charge is -2.27. The molecule has 3 atom stereocenters. The molecule has 1 saturated heterocycles. The maximum absolute atomic E-state index is 15.2.